The Morgan fingerprint density at radius 3 is 2.69 bits per heavy atom. The molecule has 1 heterocycles. The zero-order valence-corrected chi connectivity index (χ0v) is 9.27. The minimum absolute atomic E-state index is 0.0824. The second kappa shape index (κ2) is 4.58. The number of aromatic nitrogens is 2. The first-order valence-corrected chi connectivity index (χ1v) is 6.36. The minimum atomic E-state index is -3.12. The highest BCUT2D eigenvalue weighted by Gasteiger charge is 2.19. The first kappa shape index (κ1) is 12.6. The molecule has 0 aliphatic heterocycles. The number of carbonyl (C=O) groups is 1. The van der Waals surface area contributed by atoms with Crippen LogP contribution in [0.25, 0.3) is 0 Å². The zero-order chi connectivity index (χ0) is 12.3. The fourth-order valence-corrected chi connectivity index (χ4v) is 1.62. The molecule has 0 saturated carbocycles. The van der Waals surface area contributed by atoms with Gasteiger partial charge in [-0.2, -0.15) is 4.98 Å². The van der Waals surface area contributed by atoms with Crippen LogP contribution in [0.5, 0.6) is 0 Å². The SMILES string of the molecule is CS(=O)(=O)CCC(N)c1nc(C(=O)O)no1. The molecular weight excluding hydrogens is 238 g/mol. The predicted octanol–water partition coefficient (Wildman–Crippen LogP) is -0.798. The van der Waals surface area contributed by atoms with Crippen LogP contribution in [0.4, 0.5) is 0 Å². The van der Waals surface area contributed by atoms with E-state index in [0.717, 1.165) is 6.26 Å². The molecule has 1 rings (SSSR count). The molecular formula is C7H11N3O5S. The molecule has 1 aromatic heterocycles. The highest BCUT2D eigenvalue weighted by atomic mass is 32.2. The number of nitrogens with two attached hydrogens (primary N) is 1. The molecule has 90 valence electrons. The van der Waals surface area contributed by atoms with Gasteiger partial charge in [0, 0.05) is 6.26 Å². The normalized spacial score (nSPS) is 13.6. The van der Waals surface area contributed by atoms with Crippen LogP contribution in [0.2, 0.25) is 0 Å². The number of carboxylic acid groups (broad SMARTS) is 1. The van der Waals surface area contributed by atoms with Gasteiger partial charge in [-0.25, -0.2) is 13.2 Å². The van der Waals surface area contributed by atoms with E-state index < -0.39 is 27.7 Å². The maximum Gasteiger partial charge on any atom is 0.377 e. The molecule has 1 aromatic rings. The highest BCUT2D eigenvalue weighted by Crippen LogP contribution is 2.12. The van der Waals surface area contributed by atoms with Crippen molar-refractivity contribution in [1.82, 2.24) is 10.1 Å². The molecule has 0 amide bonds. The van der Waals surface area contributed by atoms with Crippen molar-refractivity contribution in [3.63, 3.8) is 0 Å². The molecule has 8 nitrogen and oxygen atoms in total. The lowest BCUT2D eigenvalue weighted by Gasteiger charge is -2.04. The van der Waals surface area contributed by atoms with Gasteiger partial charge < -0.3 is 15.4 Å². The predicted molar refractivity (Wildman–Crippen MR) is 52.5 cm³/mol. The molecule has 16 heavy (non-hydrogen) atoms. The Morgan fingerprint density at radius 2 is 2.25 bits per heavy atom. The summed E-state index contributed by atoms with van der Waals surface area (Å²) in [5, 5.41) is 11.7. The number of aromatic carboxylic acids is 1. The average molecular weight is 249 g/mol. The summed E-state index contributed by atoms with van der Waals surface area (Å²) >= 11 is 0. The van der Waals surface area contributed by atoms with Crippen molar-refractivity contribution >= 4 is 15.8 Å². The van der Waals surface area contributed by atoms with Crippen molar-refractivity contribution < 1.29 is 22.8 Å². The molecule has 0 bridgehead atoms. The van der Waals surface area contributed by atoms with Gasteiger partial charge in [0.2, 0.25) is 5.89 Å². The van der Waals surface area contributed by atoms with Gasteiger partial charge in [-0.15, -0.1) is 0 Å². The van der Waals surface area contributed by atoms with Crippen molar-refractivity contribution in [3.8, 4) is 0 Å². The number of carboxylic acids is 1. The average Bonchev–Trinajstić information content (AvgIpc) is 2.61. The summed E-state index contributed by atoms with van der Waals surface area (Å²) in [6, 6.07) is -0.782. The molecule has 0 spiro atoms. The van der Waals surface area contributed by atoms with Crippen molar-refractivity contribution in [2.45, 2.75) is 12.5 Å². The van der Waals surface area contributed by atoms with Gasteiger partial charge in [-0.05, 0) is 11.6 Å². The lowest BCUT2D eigenvalue weighted by Crippen LogP contribution is -2.16. The summed E-state index contributed by atoms with van der Waals surface area (Å²) in [6.07, 6.45) is 1.18. The Labute approximate surface area is 91.4 Å². The Kier molecular flexibility index (Phi) is 3.60. The van der Waals surface area contributed by atoms with Crippen LogP contribution in [0, 0.1) is 0 Å². The molecule has 0 saturated heterocycles. The quantitative estimate of drug-likeness (QED) is 0.692. The van der Waals surface area contributed by atoms with E-state index in [-0.39, 0.29) is 18.1 Å². The van der Waals surface area contributed by atoms with E-state index in [1.165, 1.54) is 0 Å². The van der Waals surface area contributed by atoms with Crippen molar-refractivity contribution in [2.24, 2.45) is 5.73 Å². The number of hydrogen-bond donors (Lipinski definition) is 2. The molecule has 0 aliphatic carbocycles. The van der Waals surface area contributed by atoms with Gasteiger partial charge in [0.1, 0.15) is 9.84 Å². The first-order valence-electron chi connectivity index (χ1n) is 4.30. The summed E-state index contributed by atoms with van der Waals surface area (Å²) in [5.74, 6) is -2.03. The molecule has 0 radical (unpaired) electrons. The molecule has 9 heteroatoms. The van der Waals surface area contributed by atoms with E-state index in [9.17, 15) is 13.2 Å². The molecule has 0 aliphatic rings. The van der Waals surface area contributed by atoms with Crippen molar-refractivity contribution in [2.75, 3.05) is 12.0 Å². The topological polar surface area (TPSA) is 136 Å². The van der Waals surface area contributed by atoms with Crippen LogP contribution in [0.15, 0.2) is 4.52 Å². The first-order chi connectivity index (χ1) is 7.29. The standard InChI is InChI=1S/C7H11N3O5S/c1-16(13,14)3-2-4(8)6-9-5(7(11)12)10-15-6/h4H,2-3,8H2,1H3,(H,11,12). The lowest BCUT2D eigenvalue weighted by molar-refractivity contribution is 0.0680. The van der Waals surface area contributed by atoms with Gasteiger partial charge in [0.05, 0.1) is 11.8 Å². The van der Waals surface area contributed by atoms with E-state index in [2.05, 4.69) is 14.7 Å². The number of rotatable bonds is 5. The monoisotopic (exact) mass is 249 g/mol. The van der Waals surface area contributed by atoms with Gasteiger partial charge in [-0.3, -0.25) is 0 Å². The second-order valence-electron chi connectivity index (χ2n) is 3.29. The number of hydrogen-bond acceptors (Lipinski definition) is 7. The van der Waals surface area contributed by atoms with Gasteiger partial charge >= 0.3 is 5.97 Å². The summed E-state index contributed by atoms with van der Waals surface area (Å²) in [7, 11) is -3.12. The fraction of sp³-hybridized carbons (Fsp3) is 0.571. The lowest BCUT2D eigenvalue weighted by atomic mass is 10.2. The largest absolute Gasteiger partial charge is 0.475 e. The van der Waals surface area contributed by atoms with Crippen molar-refractivity contribution in [1.29, 1.82) is 0 Å². The fourth-order valence-electron chi connectivity index (χ4n) is 0.937. The maximum atomic E-state index is 10.9. The number of nitrogens with zero attached hydrogens (tertiary/aromatic N) is 2. The Bertz CT molecular complexity index is 480. The van der Waals surface area contributed by atoms with Crippen LogP contribution in [0.1, 0.15) is 29.0 Å². The van der Waals surface area contributed by atoms with Gasteiger partial charge in [0.25, 0.3) is 5.82 Å². The Hall–Kier alpha value is -1.48. The molecule has 1 unspecified atom stereocenters. The van der Waals surface area contributed by atoms with E-state index >= 15 is 0 Å². The Morgan fingerprint density at radius 1 is 1.62 bits per heavy atom. The van der Waals surface area contributed by atoms with Crippen LogP contribution >= 0.6 is 0 Å². The third kappa shape index (κ3) is 3.59. The van der Waals surface area contributed by atoms with Crippen LogP contribution in [0.3, 0.4) is 0 Å². The van der Waals surface area contributed by atoms with E-state index in [1.807, 2.05) is 0 Å². The molecule has 1 atom stereocenters. The summed E-state index contributed by atoms with van der Waals surface area (Å²) in [6.45, 7) is 0. The molecule has 3 N–H and O–H groups in total. The van der Waals surface area contributed by atoms with Crippen molar-refractivity contribution in [3.05, 3.63) is 11.7 Å². The van der Waals surface area contributed by atoms with Gasteiger partial charge in [0.15, 0.2) is 0 Å². The van der Waals surface area contributed by atoms with Crippen LogP contribution < -0.4 is 5.73 Å². The summed E-state index contributed by atoms with van der Waals surface area (Å²) < 4.78 is 26.3. The maximum absolute atomic E-state index is 10.9. The van der Waals surface area contributed by atoms with E-state index in [1.54, 1.807) is 0 Å². The van der Waals surface area contributed by atoms with E-state index in [0.29, 0.717) is 0 Å². The number of sulfone groups is 1. The molecule has 0 aromatic carbocycles. The summed E-state index contributed by atoms with van der Waals surface area (Å²) in [4.78, 5) is 13.9. The molecule has 0 fully saturated rings. The third-order valence-corrected chi connectivity index (χ3v) is 2.73. The summed E-state index contributed by atoms with van der Waals surface area (Å²) in [5.41, 5.74) is 5.56. The smallest absolute Gasteiger partial charge is 0.377 e. The minimum Gasteiger partial charge on any atom is -0.475 e. The Balaban J connectivity index is 2.66. The highest BCUT2D eigenvalue weighted by molar-refractivity contribution is 7.90. The van der Waals surface area contributed by atoms with E-state index in [4.69, 9.17) is 10.8 Å². The third-order valence-electron chi connectivity index (χ3n) is 1.75. The van der Waals surface area contributed by atoms with Crippen LogP contribution in [-0.4, -0.2) is 41.6 Å². The van der Waals surface area contributed by atoms with Gasteiger partial charge in [-0.1, -0.05) is 0 Å². The second-order valence-corrected chi connectivity index (χ2v) is 5.55. The zero-order valence-electron chi connectivity index (χ0n) is 8.45. The van der Waals surface area contributed by atoms with Crippen LogP contribution in [-0.2, 0) is 9.84 Å².